The molecule has 0 fully saturated rings. The van der Waals surface area contributed by atoms with Crippen molar-refractivity contribution in [3.63, 3.8) is 0 Å². The van der Waals surface area contributed by atoms with Crippen LogP contribution in [0.5, 0.6) is 0 Å². The van der Waals surface area contributed by atoms with Gasteiger partial charge in [-0.3, -0.25) is 10.1 Å². The monoisotopic (exact) mass is 426 g/mol. The van der Waals surface area contributed by atoms with E-state index in [9.17, 15) is 18.9 Å². The Morgan fingerprint density at radius 2 is 1.83 bits per heavy atom. The summed E-state index contributed by atoms with van der Waals surface area (Å²) in [5.41, 5.74) is 1.36. The highest BCUT2D eigenvalue weighted by Gasteiger charge is 2.12. The molecule has 10 heteroatoms. The number of aromatic nitrogens is 1. The second-order valence-electron chi connectivity index (χ2n) is 5.96. The van der Waals surface area contributed by atoms with Crippen molar-refractivity contribution in [2.45, 2.75) is 0 Å². The highest BCUT2D eigenvalue weighted by Crippen LogP contribution is 2.22. The van der Waals surface area contributed by atoms with Crippen molar-refractivity contribution < 1.29 is 18.1 Å². The third-order valence-corrected chi connectivity index (χ3v) is 4.80. The third-order valence-electron chi connectivity index (χ3n) is 3.99. The Morgan fingerprint density at radius 1 is 1.07 bits per heavy atom. The molecule has 0 atom stereocenters. The zero-order valence-electron chi connectivity index (χ0n) is 15.1. The van der Waals surface area contributed by atoms with Crippen molar-refractivity contribution in [3.8, 4) is 11.3 Å². The van der Waals surface area contributed by atoms with Crippen LogP contribution in [0.25, 0.3) is 11.3 Å². The number of halogens is 2. The molecule has 4 aromatic rings. The summed E-state index contributed by atoms with van der Waals surface area (Å²) in [7, 11) is 0. The first-order chi connectivity index (χ1) is 14.5. The van der Waals surface area contributed by atoms with Gasteiger partial charge in [-0.1, -0.05) is 12.1 Å². The van der Waals surface area contributed by atoms with Crippen LogP contribution < -0.4 is 4.80 Å². The molecule has 7 nitrogen and oxygen atoms in total. The van der Waals surface area contributed by atoms with E-state index in [0.717, 1.165) is 0 Å². The molecular formula is C20H12F2N4O3S. The van der Waals surface area contributed by atoms with Crippen LogP contribution in [0.2, 0.25) is 0 Å². The molecule has 2 aromatic heterocycles. The largest absolute Gasteiger partial charge is 0.433 e. The lowest BCUT2D eigenvalue weighted by atomic mass is 10.2. The minimum absolute atomic E-state index is 0.127. The molecule has 0 aliphatic rings. The van der Waals surface area contributed by atoms with Gasteiger partial charge in [0.1, 0.15) is 22.2 Å². The van der Waals surface area contributed by atoms with Crippen molar-refractivity contribution in [3.05, 3.63) is 98.4 Å². The molecule has 0 N–H and O–H groups in total. The fraction of sp³-hybridized carbons (Fsp3) is 0. The first kappa shape index (κ1) is 19.4. The number of nitrogens with zero attached hydrogens (tertiary/aromatic N) is 4. The predicted molar refractivity (Wildman–Crippen MR) is 108 cm³/mol. The van der Waals surface area contributed by atoms with Crippen LogP contribution in [0.1, 0.15) is 5.76 Å². The van der Waals surface area contributed by atoms with E-state index in [2.05, 4.69) is 10.1 Å². The molecule has 4 rings (SSSR count). The zero-order chi connectivity index (χ0) is 21.1. The Bertz CT molecular complexity index is 1310. The second kappa shape index (κ2) is 8.21. The van der Waals surface area contributed by atoms with Gasteiger partial charge in [0.05, 0.1) is 18.0 Å². The maximum absolute atomic E-state index is 14.1. The van der Waals surface area contributed by atoms with Gasteiger partial charge in [-0.15, -0.1) is 11.3 Å². The fourth-order valence-electron chi connectivity index (χ4n) is 2.58. The molecular weight excluding hydrogens is 414 g/mol. The predicted octanol–water partition coefficient (Wildman–Crippen LogP) is 5.11. The topological polar surface area (TPSA) is 85.9 Å². The van der Waals surface area contributed by atoms with Crippen LogP contribution in [0.3, 0.4) is 0 Å². The summed E-state index contributed by atoms with van der Waals surface area (Å²) >= 11 is 1.21. The highest BCUT2D eigenvalue weighted by molar-refractivity contribution is 7.07. The number of thiazole rings is 1. The molecule has 0 amide bonds. The lowest BCUT2D eigenvalue weighted by molar-refractivity contribution is -0.402. The van der Waals surface area contributed by atoms with Crippen molar-refractivity contribution in [2.24, 2.45) is 10.1 Å². The van der Waals surface area contributed by atoms with Gasteiger partial charge in [0.25, 0.3) is 0 Å². The van der Waals surface area contributed by atoms with Crippen LogP contribution in [0.4, 0.5) is 20.4 Å². The molecule has 150 valence electrons. The van der Waals surface area contributed by atoms with Gasteiger partial charge in [0.2, 0.25) is 4.80 Å². The molecule has 0 bridgehead atoms. The Hall–Kier alpha value is -3.92. The summed E-state index contributed by atoms with van der Waals surface area (Å²) in [5, 5.41) is 16.8. The number of furan rings is 1. The van der Waals surface area contributed by atoms with Gasteiger partial charge in [-0.2, -0.15) is 5.10 Å². The maximum Gasteiger partial charge on any atom is 0.433 e. The van der Waals surface area contributed by atoms with E-state index in [1.165, 1.54) is 58.6 Å². The van der Waals surface area contributed by atoms with Gasteiger partial charge in [0, 0.05) is 10.9 Å². The summed E-state index contributed by atoms with van der Waals surface area (Å²) in [6, 6.07) is 14.4. The van der Waals surface area contributed by atoms with Gasteiger partial charge >= 0.3 is 5.88 Å². The van der Waals surface area contributed by atoms with Crippen LogP contribution in [0, 0.1) is 21.7 Å². The first-order valence-corrected chi connectivity index (χ1v) is 9.43. The van der Waals surface area contributed by atoms with E-state index in [1.54, 1.807) is 29.6 Å². The summed E-state index contributed by atoms with van der Waals surface area (Å²) in [6.45, 7) is 0. The van der Waals surface area contributed by atoms with Crippen molar-refractivity contribution in [1.29, 1.82) is 0 Å². The zero-order valence-corrected chi connectivity index (χ0v) is 15.9. The number of rotatable bonds is 5. The molecule has 0 saturated heterocycles. The summed E-state index contributed by atoms with van der Waals surface area (Å²) < 4.78 is 33.9. The number of hydrogen-bond donors (Lipinski definition) is 0. The molecule has 0 radical (unpaired) electrons. The molecule has 0 spiro atoms. The second-order valence-corrected chi connectivity index (χ2v) is 6.80. The molecule has 0 unspecified atom stereocenters. The average Bonchev–Trinajstić information content (AvgIpc) is 3.36. The van der Waals surface area contributed by atoms with Gasteiger partial charge in [-0.25, -0.2) is 18.4 Å². The Labute approximate surface area is 172 Å². The maximum atomic E-state index is 14.1. The standard InChI is InChI=1S/C20H12F2N4O3S/c21-14-7-5-13(6-8-14)18-12-30-20(24-17-4-2-1-3-16(17)22)25(18)23-11-15-9-10-19(29-15)26(27)28/h1-12H. The van der Waals surface area contributed by atoms with Crippen molar-refractivity contribution in [2.75, 3.05) is 0 Å². The SMILES string of the molecule is O=[N+]([O-])c1ccc(C=Nn2c(-c3ccc(F)cc3)csc2=Nc2ccccc2F)o1. The van der Waals surface area contributed by atoms with E-state index in [-0.39, 0.29) is 17.3 Å². The first-order valence-electron chi connectivity index (χ1n) is 8.55. The smallest absolute Gasteiger partial charge is 0.400 e. The Morgan fingerprint density at radius 3 is 2.53 bits per heavy atom. The van der Waals surface area contributed by atoms with Gasteiger partial charge in [0.15, 0.2) is 5.76 Å². The number of hydrogen-bond acceptors (Lipinski definition) is 6. The van der Waals surface area contributed by atoms with E-state index < -0.39 is 16.6 Å². The molecule has 2 aromatic carbocycles. The lowest BCUT2D eigenvalue weighted by Gasteiger charge is -2.03. The van der Waals surface area contributed by atoms with E-state index >= 15 is 0 Å². The highest BCUT2D eigenvalue weighted by atomic mass is 32.1. The van der Waals surface area contributed by atoms with Crippen LogP contribution in [-0.2, 0) is 0 Å². The fourth-order valence-corrected chi connectivity index (χ4v) is 3.43. The van der Waals surface area contributed by atoms with Crippen LogP contribution in [-0.4, -0.2) is 15.8 Å². The third kappa shape index (κ3) is 4.08. The molecule has 2 heterocycles. The summed E-state index contributed by atoms with van der Waals surface area (Å²) in [5.74, 6) is -1.14. The van der Waals surface area contributed by atoms with Crippen LogP contribution >= 0.6 is 11.3 Å². The Balaban J connectivity index is 1.83. The van der Waals surface area contributed by atoms with E-state index in [4.69, 9.17) is 4.42 Å². The Kier molecular flexibility index (Phi) is 5.31. The number of para-hydroxylation sites is 1. The lowest BCUT2D eigenvalue weighted by Crippen LogP contribution is -2.11. The van der Waals surface area contributed by atoms with Gasteiger partial charge in [-0.05, 0) is 42.5 Å². The number of benzene rings is 2. The minimum Gasteiger partial charge on any atom is -0.400 e. The quantitative estimate of drug-likeness (QED) is 0.252. The van der Waals surface area contributed by atoms with E-state index in [1.807, 2.05) is 0 Å². The van der Waals surface area contributed by atoms with Crippen molar-refractivity contribution in [1.82, 2.24) is 4.68 Å². The normalized spacial score (nSPS) is 12.0. The summed E-state index contributed by atoms with van der Waals surface area (Å²) in [4.78, 5) is 14.8. The molecule has 30 heavy (non-hydrogen) atoms. The summed E-state index contributed by atoms with van der Waals surface area (Å²) in [6.07, 6.45) is 1.28. The molecule has 0 aliphatic carbocycles. The molecule has 0 aliphatic heterocycles. The average molecular weight is 426 g/mol. The molecule has 0 saturated carbocycles. The van der Waals surface area contributed by atoms with Crippen LogP contribution in [0.15, 0.2) is 80.6 Å². The minimum atomic E-state index is -0.655. The van der Waals surface area contributed by atoms with Crippen molar-refractivity contribution >= 4 is 29.1 Å². The van der Waals surface area contributed by atoms with E-state index in [0.29, 0.717) is 16.1 Å². The number of nitro groups is 1. The van der Waals surface area contributed by atoms with Gasteiger partial charge < -0.3 is 4.42 Å².